The van der Waals surface area contributed by atoms with Crippen molar-refractivity contribution in [2.24, 2.45) is 10.7 Å². The summed E-state index contributed by atoms with van der Waals surface area (Å²) >= 11 is 0. The molecule has 2 N–H and O–H groups in total. The summed E-state index contributed by atoms with van der Waals surface area (Å²) in [5.41, 5.74) is 8.74. The van der Waals surface area contributed by atoms with Crippen LogP contribution >= 0.6 is 0 Å². The number of anilines is 1. The molecule has 1 aliphatic carbocycles. The Kier molecular flexibility index (Phi) is 1.96. The van der Waals surface area contributed by atoms with Crippen LogP contribution in [0, 0.1) is 6.92 Å². The number of guanidine groups is 1. The van der Waals surface area contributed by atoms with Gasteiger partial charge in [-0.1, -0.05) is 18.2 Å². The zero-order chi connectivity index (χ0) is 11.2. The Balaban J connectivity index is 2.04. The molecular weight excluding hydrogens is 198 g/mol. The molecule has 1 aromatic carbocycles. The summed E-state index contributed by atoms with van der Waals surface area (Å²) in [5, 5.41) is 0. The van der Waals surface area contributed by atoms with Crippen LogP contribution in [0.1, 0.15) is 24.8 Å². The van der Waals surface area contributed by atoms with Gasteiger partial charge in [-0.2, -0.15) is 0 Å². The molecule has 1 spiro atoms. The van der Waals surface area contributed by atoms with Crippen LogP contribution in [0.2, 0.25) is 0 Å². The van der Waals surface area contributed by atoms with Crippen molar-refractivity contribution in [1.82, 2.24) is 0 Å². The topological polar surface area (TPSA) is 41.6 Å². The van der Waals surface area contributed by atoms with Crippen molar-refractivity contribution >= 4 is 11.6 Å². The van der Waals surface area contributed by atoms with E-state index in [-0.39, 0.29) is 5.54 Å². The van der Waals surface area contributed by atoms with Gasteiger partial charge in [0.05, 0.1) is 12.1 Å². The molecule has 1 saturated carbocycles. The molecule has 1 fully saturated rings. The van der Waals surface area contributed by atoms with Gasteiger partial charge in [-0.05, 0) is 37.8 Å². The van der Waals surface area contributed by atoms with E-state index in [1.54, 1.807) is 0 Å². The fraction of sp³-hybridized carbons (Fsp3) is 0.462. The van der Waals surface area contributed by atoms with Crippen LogP contribution in [-0.4, -0.2) is 18.0 Å². The van der Waals surface area contributed by atoms with Gasteiger partial charge in [-0.15, -0.1) is 0 Å². The Morgan fingerprint density at radius 1 is 1.31 bits per heavy atom. The summed E-state index contributed by atoms with van der Waals surface area (Å²) in [6.07, 6.45) is 3.72. The van der Waals surface area contributed by atoms with Gasteiger partial charge in [-0.25, -0.2) is 0 Å². The van der Waals surface area contributed by atoms with Gasteiger partial charge in [0, 0.05) is 5.69 Å². The van der Waals surface area contributed by atoms with E-state index >= 15 is 0 Å². The smallest absolute Gasteiger partial charge is 0.196 e. The van der Waals surface area contributed by atoms with Crippen molar-refractivity contribution in [3.63, 3.8) is 0 Å². The lowest BCUT2D eigenvalue weighted by atomic mass is 9.75. The Bertz CT molecular complexity index is 446. The first kappa shape index (κ1) is 9.70. The van der Waals surface area contributed by atoms with Crippen LogP contribution in [0.4, 0.5) is 5.69 Å². The molecule has 3 rings (SSSR count). The molecule has 1 aliphatic heterocycles. The molecule has 0 unspecified atom stereocenters. The average Bonchev–Trinajstić information content (AvgIpc) is 2.57. The second-order valence-electron chi connectivity index (χ2n) is 4.87. The number of aliphatic imine (C=N–C) groups is 1. The highest BCUT2D eigenvalue weighted by molar-refractivity contribution is 5.99. The van der Waals surface area contributed by atoms with Crippen molar-refractivity contribution < 1.29 is 0 Å². The lowest BCUT2D eigenvalue weighted by Crippen LogP contribution is -2.56. The Morgan fingerprint density at radius 3 is 2.69 bits per heavy atom. The molecule has 2 aliphatic rings. The third-order valence-corrected chi connectivity index (χ3v) is 3.88. The van der Waals surface area contributed by atoms with Crippen molar-refractivity contribution in [2.45, 2.75) is 31.7 Å². The third-order valence-electron chi connectivity index (χ3n) is 3.88. The first-order valence-corrected chi connectivity index (χ1v) is 5.89. The van der Waals surface area contributed by atoms with Crippen LogP contribution in [0.15, 0.2) is 29.3 Å². The molecule has 0 amide bonds. The minimum Gasteiger partial charge on any atom is -0.369 e. The van der Waals surface area contributed by atoms with Gasteiger partial charge in [0.1, 0.15) is 0 Å². The fourth-order valence-corrected chi connectivity index (χ4v) is 2.77. The van der Waals surface area contributed by atoms with Crippen LogP contribution < -0.4 is 10.6 Å². The van der Waals surface area contributed by atoms with Crippen molar-refractivity contribution in [3.8, 4) is 0 Å². The van der Waals surface area contributed by atoms with Crippen LogP contribution in [-0.2, 0) is 0 Å². The zero-order valence-corrected chi connectivity index (χ0v) is 9.61. The van der Waals surface area contributed by atoms with E-state index in [0.717, 1.165) is 6.54 Å². The molecule has 1 aromatic rings. The van der Waals surface area contributed by atoms with Crippen LogP contribution in [0.25, 0.3) is 0 Å². The number of rotatable bonds is 1. The lowest BCUT2D eigenvalue weighted by molar-refractivity contribution is 0.272. The number of hydrogen-bond donors (Lipinski definition) is 1. The minimum absolute atomic E-state index is 0.205. The third kappa shape index (κ3) is 1.17. The predicted octanol–water partition coefficient (Wildman–Crippen LogP) is 2.05. The highest BCUT2D eigenvalue weighted by atomic mass is 15.4. The Hall–Kier alpha value is -1.51. The Morgan fingerprint density at radius 2 is 2.06 bits per heavy atom. The average molecular weight is 215 g/mol. The normalized spacial score (nSPS) is 22.1. The largest absolute Gasteiger partial charge is 0.369 e. The number of hydrogen-bond acceptors (Lipinski definition) is 3. The van der Waals surface area contributed by atoms with Gasteiger partial charge in [-0.3, -0.25) is 4.99 Å². The molecule has 3 heteroatoms. The quantitative estimate of drug-likeness (QED) is 0.779. The van der Waals surface area contributed by atoms with Gasteiger partial charge < -0.3 is 10.6 Å². The standard InChI is InChI=1S/C13H17N3/c1-10-5-2-3-6-11(10)16-12(14)15-9-13(16)7-4-8-13/h2-3,5-6H,4,7-9H2,1H3,(H2,14,15). The monoisotopic (exact) mass is 215 g/mol. The van der Waals surface area contributed by atoms with Crippen molar-refractivity contribution in [1.29, 1.82) is 0 Å². The summed E-state index contributed by atoms with van der Waals surface area (Å²) in [5.74, 6) is 0.689. The molecule has 16 heavy (non-hydrogen) atoms. The number of nitrogens with zero attached hydrogens (tertiary/aromatic N) is 2. The Labute approximate surface area is 96.0 Å². The fourth-order valence-electron chi connectivity index (χ4n) is 2.77. The van der Waals surface area contributed by atoms with Crippen molar-refractivity contribution in [2.75, 3.05) is 11.4 Å². The predicted molar refractivity (Wildman–Crippen MR) is 66.7 cm³/mol. The number of nitrogens with two attached hydrogens (primary N) is 1. The molecule has 0 radical (unpaired) electrons. The number of aryl methyl sites for hydroxylation is 1. The van der Waals surface area contributed by atoms with Gasteiger partial charge in [0.25, 0.3) is 0 Å². The second kappa shape index (κ2) is 3.24. The van der Waals surface area contributed by atoms with E-state index in [1.807, 2.05) is 0 Å². The van der Waals surface area contributed by atoms with E-state index in [9.17, 15) is 0 Å². The van der Waals surface area contributed by atoms with E-state index in [2.05, 4.69) is 41.1 Å². The summed E-state index contributed by atoms with van der Waals surface area (Å²) in [7, 11) is 0. The lowest BCUT2D eigenvalue weighted by Gasteiger charge is -2.46. The maximum Gasteiger partial charge on any atom is 0.196 e. The zero-order valence-electron chi connectivity index (χ0n) is 9.61. The molecular formula is C13H17N3. The maximum atomic E-state index is 6.04. The first-order valence-electron chi connectivity index (χ1n) is 5.89. The van der Waals surface area contributed by atoms with Crippen LogP contribution in [0.5, 0.6) is 0 Å². The molecule has 0 atom stereocenters. The molecule has 0 bridgehead atoms. The molecule has 84 valence electrons. The van der Waals surface area contributed by atoms with Gasteiger partial charge in [0.15, 0.2) is 5.96 Å². The molecule has 3 nitrogen and oxygen atoms in total. The van der Waals surface area contributed by atoms with Crippen molar-refractivity contribution in [3.05, 3.63) is 29.8 Å². The first-order chi connectivity index (χ1) is 7.73. The summed E-state index contributed by atoms with van der Waals surface area (Å²) in [6.45, 7) is 3.00. The highest BCUT2D eigenvalue weighted by Crippen LogP contribution is 2.43. The summed E-state index contributed by atoms with van der Waals surface area (Å²) in [4.78, 5) is 6.69. The summed E-state index contributed by atoms with van der Waals surface area (Å²) in [6, 6.07) is 8.41. The van der Waals surface area contributed by atoms with Gasteiger partial charge in [0.2, 0.25) is 0 Å². The SMILES string of the molecule is Cc1ccccc1N1C(N)=NCC12CCC2. The molecule has 1 heterocycles. The maximum absolute atomic E-state index is 6.04. The van der Waals surface area contributed by atoms with E-state index in [0.29, 0.717) is 5.96 Å². The van der Waals surface area contributed by atoms with E-state index < -0.39 is 0 Å². The molecule has 0 saturated heterocycles. The van der Waals surface area contributed by atoms with E-state index in [4.69, 9.17) is 5.73 Å². The minimum atomic E-state index is 0.205. The number of benzene rings is 1. The second-order valence-corrected chi connectivity index (χ2v) is 4.87. The molecule has 0 aromatic heterocycles. The van der Waals surface area contributed by atoms with Gasteiger partial charge >= 0.3 is 0 Å². The number of para-hydroxylation sites is 1. The van der Waals surface area contributed by atoms with E-state index in [1.165, 1.54) is 30.5 Å². The highest BCUT2D eigenvalue weighted by Gasteiger charge is 2.47. The summed E-state index contributed by atoms with van der Waals surface area (Å²) < 4.78 is 0. The van der Waals surface area contributed by atoms with Crippen LogP contribution in [0.3, 0.4) is 0 Å².